The molecule has 4 heteroatoms. The number of nitrogens with one attached hydrogen (secondary N) is 1. The molecule has 0 aromatic rings. The highest BCUT2D eigenvalue weighted by molar-refractivity contribution is 5.66. The zero-order chi connectivity index (χ0) is 13.2. The average Bonchev–Trinajstić information content (AvgIpc) is 2.84. The molecule has 1 fully saturated rings. The Morgan fingerprint density at radius 3 is 2.67 bits per heavy atom. The van der Waals surface area contributed by atoms with Crippen LogP contribution < -0.4 is 5.32 Å². The minimum absolute atomic E-state index is 0.302. The van der Waals surface area contributed by atoms with Gasteiger partial charge in [0.1, 0.15) is 0 Å². The molecule has 1 atom stereocenters. The van der Waals surface area contributed by atoms with Crippen molar-refractivity contribution in [3.63, 3.8) is 0 Å². The minimum Gasteiger partial charge on any atom is -0.481 e. The van der Waals surface area contributed by atoms with E-state index in [0.29, 0.717) is 12.3 Å². The van der Waals surface area contributed by atoms with Gasteiger partial charge in [0, 0.05) is 6.42 Å². The van der Waals surface area contributed by atoms with Crippen molar-refractivity contribution in [2.24, 2.45) is 5.92 Å². The number of aliphatic carboxylic acids is 1. The van der Waals surface area contributed by atoms with Gasteiger partial charge in [-0.05, 0) is 70.7 Å². The second-order valence-corrected chi connectivity index (χ2v) is 5.48. The van der Waals surface area contributed by atoms with Crippen molar-refractivity contribution in [2.45, 2.75) is 45.4 Å². The molecule has 0 aliphatic carbocycles. The zero-order valence-electron chi connectivity index (χ0n) is 11.7. The fourth-order valence-corrected chi connectivity index (χ4v) is 2.42. The van der Waals surface area contributed by atoms with Gasteiger partial charge in [0.15, 0.2) is 0 Å². The first-order valence-electron chi connectivity index (χ1n) is 7.33. The van der Waals surface area contributed by atoms with Gasteiger partial charge in [0.05, 0.1) is 0 Å². The van der Waals surface area contributed by atoms with Gasteiger partial charge < -0.3 is 15.3 Å². The van der Waals surface area contributed by atoms with Crippen LogP contribution in [0.25, 0.3) is 0 Å². The third kappa shape index (κ3) is 7.67. The minimum atomic E-state index is -0.680. The summed E-state index contributed by atoms with van der Waals surface area (Å²) < 4.78 is 0. The van der Waals surface area contributed by atoms with E-state index in [1.54, 1.807) is 0 Å². The SMILES string of the molecule is CC(CCNCCCN1CCCC1)CCC(=O)O. The van der Waals surface area contributed by atoms with Gasteiger partial charge in [-0.2, -0.15) is 0 Å². The summed E-state index contributed by atoms with van der Waals surface area (Å²) in [6.07, 6.45) is 6.14. The van der Waals surface area contributed by atoms with Gasteiger partial charge >= 0.3 is 5.97 Å². The first-order valence-corrected chi connectivity index (χ1v) is 7.33. The van der Waals surface area contributed by atoms with Gasteiger partial charge in [-0.25, -0.2) is 0 Å². The Kier molecular flexibility index (Phi) is 8.01. The van der Waals surface area contributed by atoms with Crippen LogP contribution in [0.15, 0.2) is 0 Å². The second-order valence-electron chi connectivity index (χ2n) is 5.48. The van der Waals surface area contributed by atoms with Crippen molar-refractivity contribution in [1.29, 1.82) is 0 Å². The molecule has 1 aliphatic rings. The number of nitrogens with zero attached hydrogens (tertiary/aromatic N) is 1. The lowest BCUT2D eigenvalue weighted by Gasteiger charge is -2.15. The molecule has 106 valence electrons. The smallest absolute Gasteiger partial charge is 0.303 e. The third-order valence-corrected chi connectivity index (χ3v) is 3.69. The number of carboxylic acid groups (broad SMARTS) is 1. The first kappa shape index (κ1) is 15.4. The van der Waals surface area contributed by atoms with Crippen molar-refractivity contribution in [2.75, 3.05) is 32.7 Å². The molecule has 0 aromatic carbocycles. The first-order chi connectivity index (χ1) is 8.68. The quantitative estimate of drug-likeness (QED) is 0.587. The van der Waals surface area contributed by atoms with Gasteiger partial charge in [-0.1, -0.05) is 6.92 Å². The summed E-state index contributed by atoms with van der Waals surface area (Å²) in [6.45, 7) is 8.03. The van der Waals surface area contributed by atoms with E-state index in [-0.39, 0.29) is 0 Å². The fourth-order valence-electron chi connectivity index (χ4n) is 2.42. The molecule has 18 heavy (non-hydrogen) atoms. The van der Waals surface area contributed by atoms with Crippen LogP contribution in [0.5, 0.6) is 0 Å². The van der Waals surface area contributed by atoms with Gasteiger partial charge in [-0.3, -0.25) is 4.79 Å². The summed E-state index contributed by atoms with van der Waals surface area (Å²) in [5.41, 5.74) is 0. The lowest BCUT2D eigenvalue weighted by Crippen LogP contribution is -2.25. The molecule has 0 saturated carbocycles. The van der Waals surface area contributed by atoms with Crippen LogP contribution >= 0.6 is 0 Å². The lowest BCUT2D eigenvalue weighted by molar-refractivity contribution is -0.137. The third-order valence-electron chi connectivity index (χ3n) is 3.69. The zero-order valence-corrected chi connectivity index (χ0v) is 11.7. The monoisotopic (exact) mass is 256 g/mol. The molecular weight excluding hydrogens is 228 g/mol. The van der Waals surface area contributed by atoms with E-state index in [9.17, 15) is 4.79 Å². The Bertz CT molecular complexity index is 228. The Morgan fingerprint density at radius 2 is 2.00 bits per heavy atom. The van der Waals surface area contributed by atoms with Crippen LogP contribution in [0.1, 0.15) is 45.4 Å². The van der Waals surface area contributed by atoms with Crippen LogP contribution in [0, 0.1) is 5.92 Å². The molecule has 1 aliphatic heterocycles. The maximum absolute atomic E-state index is 10.4. The molecule has 1 saturated heterocycles. The van der Waals surface area contributed by atoms with Gasteiger partial charge in [0.2, 0.25) is 0 Å². The van der Waals surface area contributed by atoms with E-state index in [4.69, 9.17) is 5.11 Å². The number of rotatable bonds is 10. The molecule has 2 N–H and O–H groups in total. The number of likely N-dealkylation sites (tertiary alicyclic amines) is 1. The van der Waals surface area contributed by atoms with Crippen molar-refractivity contribution in [3.05, 3.63) is 0 Å². The van der Waals surface area contributed by atoms with Crippen molar-refractivity contribution < 1.29 is 9.90 Å². The Balaban J connectivity index is 1.84. The Labute approximate surface area is 111 Å². The van der Waals surface area contributed by atoms with Crippen LogP contribution in [0.2, 0.25) is 0 Å². The normalized spacial score (nSPS) is 18.1. The molecule has 4 nitrogen and oxygen atoms in total. The van der Waals surface area contributed by atoms with Crippen LogP contribution in [0.4, 0.5) is 0 Å². The van der Waals surface area contributed by atoms with E-state index in [0.717, 1.165) is 25.9 Å². The highest BCUT2D eigenvalue weighted by Crippen LogP contribution is 2.09. The van der Waals surface area contributed by atoms with E-state index in [1.807, 2.05) is 0 Å². The van der Waals surface area contributed by atoms with Gasteiger partial charge in [-0.15, -0.1) is 0 Å². The lowest BCUT2D eigenvalue weighted by atomic mass is 10.0. The summed E-state index contributed by atoms with van der Waals surface area (Å²) in [5, 5.41) is 12.0. The van der Waals surface area contributed by atoms with E-state index in [1.165, 1.54) is 38.9 Å². The van der Waals surface area contributed by atoms with Crippen LogP contribution in [0.3, 0.4) is 0 Å². The topological polar surface area (TPSA) is 52.6 Å². The second kappa shape index (κ2) is 9.34. The van der Waals surface area contributed by atoms with Crippen molar-refractivity contribution in [3.8, 4) is 0 Å². The Hall–Kier alpha value is -0.610. The van der Waals surface area contributed by atoms with Gasteiger partial charge in [0.25, 0.3) is 0 Å². The number of carboxylic acids is 1. The number of hydrogen-bond acceptors (Lipinski definition) is 3. The van der Waals surface area contributed by atoms with E-state index < -0.39 is 5.97 Å². The molecule has 1 rings (SSSR count). The highest BCUT2D eigenvalue weighted by Gasteiger charge is 2.10. The van der Waals surface area contributed by atoms with Crippen LogP contribution in [-0.2, 0) is 4.79 Å². The summed E-state index contributed by atoms with van der Waals surface area (Å²) in [5.74, 6) is -0.174. The standard InChI is InChI=1S/C14H28N2O2/c1-13(5-6-14(17)18)7-9-15-8-4-12-16-10-2-3-11-16/h13,15H,2-12H2,1H3,(H,17,18). The molecule has 0 aromatic heterocycles. The summed E-state index contributed by atoms with van der Waals surface area (Å²) >= 11 is 0. The van der Waals surface area contributed by atoms with Crippen molar-refractivity contribution in [1.82, 2.24) is 10.2 Å². The summed E-state index contributed by atoms with van der Waals surface area (Å²) in [4.78, 5) is 13.0. The maximum atomic E-state index is 10.4. The summed E-state index contributed by atoms with van der Waals surface area (Å²) in [7, 11) is 0. The molecule has 0 amide bonds. The van der Waals surface area contributed by atoms with E-state index >= 15 is 0 Å². The van der Waals surface area contributed by atoms with Crippen LogP contribution in [-0.4, -0.2) is 48.7 Å². The fraction of sp³-hybridized carbons (Fsp3) is 0.929. The molecule has 0 bridgehead atoms. The number of hydrogen-bond donors (Lipinski definition) is 2. The predicted molar refractivity (Wildman–Crippen MR) is 73.8 cm³/mol. The molecule has 0 spiro atoms. The predicted octanol–water partition coefficient (Wildman–Crippen LogP) is 1.95. The maximum Gasteiger partial charge on any atom is 0.303 e. The highest BCUT2D eigenvalue weighted by atomic mass is 16.4. The molecule has 0 radical (unpaired) electrons. The molecular formula is C14H28N2O2. The van der Waals surface area contributed by atoms with Crippen molar-refractivity contribution >= 4 is 5.97 Å². The molecule has 1 unspecified atom stereocenters. The van der Waals surface area contributed by atoms with E-state index in [2.05, 4.69) is 17.1 Å². The average molecular weight is 256 g/mol. The summed E-state index contributed by atoms with van der Waals surface area (Å²) in [6, 6.07) is 0. The molecule has 1 heterocycles. The largest absolute Gasteiger partial charge is 0.481 e. The Morgan fingerprint density at radius 1 is 1.28 bits per heavy atom. The number of carbonyl (C=O) groups is 1.